The van der Waals surface area contributed by atoms with Crippen LogP contribution in [0.1, 0.15) is 13.3 Å². The van der Waals surface area contributed by atoms with E-state index in [1.165, 1.54) is 6.92 Å². The van der Waals surface area contributed by atoms with Crippen LogP contribution in [0.5, 0.6) is 0 Å². The number of hydrogen-bond donors (Lipinski definition) is 0. The minimum absolute atomic E-state index is 0.188. The maximum atomic E-state index is 11.1. The van der Waals surface area contributed by atoms with Crippen LogP contribution in [0.25, 0.3) is 0 Å². The third kappa shape index (κ3) is 3.38. The number of hydrogen-bond acceptors (Lipinski definition) is 6. The van der Waals surface area contributed by atoms with Gasteiger partial charge < -0.3 is 14.2 Å². The van der Waals surface area contributed by atoms with Gasteiger partial charge in [-0.25, -0.2) is 14.4 Å². The fourth-order valence-electron chi connectivity index (χ4n) is 1.02. The van der Waals surface area contributed by atoms with Gasteiger partial charge in [0.25, 0.3) is 0 Å². The summed E-state index contributed by atoms with van der Waals surface area (Å²) in [4.78, 5) is 33.0. The zero-order valence-electron chi connectivity index (χ0n) is 8.86. The van der Waals surface area contributed by atoms with Crippen molar-refractivity contribution in [2.75, 3.05) is 13.2 Å². The molecule has 1 fully saturated rings. The highest BCUT2D eigenvalue weighted by atomic mass is 16.6. The van der Waals surface area contributed by atoms with E-state index in [9.17, 15) is 14.4 Å². The Kier molecular flexibility index (Phi) is 4.04. The van der Waals surface area contributed by atoms with Gasteiger partial charge in [-0.05, 0) is 6.92 Å². The van der Waals surface area contributed by atoms with Crippen LogP contribution in [-0.2, 0) is 28.6 Å². The van der Waals surface area contributed by atoms with E-state index >= 15 is 0 Å². The van der Waals surface area contributed by atoms with E-state index < -0.39 is 30.6 Å². The average molecular weight is 228 g/mol. The minimum Gasteiger partial charge on any atom is -0.463 e. The molecule has 6 nitrogen and oxygen atoms in total. The van der Waals surface area contributed by atoms with E-state index in [-0.39, 0.29) is 12.2 Å². The highest BCUT2D eigenvalue weighted by molar-refractivity contribution is 5.89. The molecule has 0 saturated carbocycles. The smallest absolute Gasteiger partial charge is 0.347 e. The first kappa shape index (κ1) is 12.2. The summed E-state index contributed by atoms with van der Waals surface area (Å²) in [5.41, 5.74) is 0.188. The first-order valence-corrected chi connectivity index (χ1v) is 4.69. The summed E-state index contributed by atoms with van der Waals surface area (Å²) in [6.45, 7) is 4.51. The van der Waals surface area contributed by atoms with E-state index in [1.54, 1.807) is 0 Å². The molecule has 1 aliphatic heterocycles. The van der Waals surface area contributed by atoms with Crippen LogP contribution in [0.4, 0.5) is 0 Å². The summed E-state index contributed by atoms with van der Waals surface area (Å²) in [6, 6.07) is 0. The second-order valence-corrected chi connectivity index (χ2v) is 3.29. The summed E-state index contributed by atoms with van der Waals surface area (Å²) < 4.78 is 13.9. The van der Waals surface area contributed by atoms with Crippen LogP contribution in [0.2, 0.25) is 0 Å². The van der Waals surface area contributed by atoms with Gasteiger partial charge in [0.15, 0.2) is 6.61 Å². The molecular weight excluding hydrogens is 216 g/mol. The van der Waals surface area contributed by atoms with Crippen molar-refractivity contribution in [1.29, 1.82) is 0 Å². The van der Waals surface area contributed by atoms with E-state index in [0.29, 0.717) is 6.42 Å². The third-order valence-corrected chi connectivity index (χ3v) is 1.83. The fourth-order valence-corrected chi connectivity index (χ4v) is 1.02. The molecule has 0 aromatic heterocycles. The lowest BCUT2D eigenvalue weighted by molar-refractivity contribution is -0.166. The second-order valence-electron chi connectivity index (χ2n) is 3.29. The molecule has 16 heavy (non-hydrogen) atoms. The minimum atomic E-state index is -0.879. The molecule has 0 N–H and O–H groups in total. The van der Waals surface area contributed by atoms with Crippen molar-refractivity contribution in [2.45, 2.75) is 19.4 Å². The van der Waals surface area contributed by atoms with Crippen molar-refractivity contribution in [1.82, 2.24) is 0 Å². The Balaban J connectivity index is 2.28. The Hall–Kier alpha value is -1.85. The Morgan fingerprint density at radius 1 is 1.56 bits per heavy atom. The summed E-state index contributed by atoms with van der Waals surface area (Å²) >= 11 is 0. The van der Waals surface area contributed by atoms with Crippen LogP contribution >= 0.6 is 0 Å². The lowest BCUT2D eigenvalue weighted by Gasteiger charge is -2.08. The maximum Gasteiger partial charge on any atom is 0.347 e. The molecule has 0 radical (unpaired) electrons. The topological polar surface area (TPSA) is 78.9 Å². The SMILES string of the molecule is C=C(C)C(=O)OCC(=O)OC1CCOC1=O. The van der Waals surface area contributed by atoms with Gasteiger partial charge in [0, 0.05) is 12.0 Å². The van der Waals surface area contributed by atoms with Crippen molar-refractivity contribution >= 4 is 17.9 Å². The largest absolute Gasteiger partial charge is 0.463 e. The number of carbonyl (C=O) groups is 3. The van der Waals surface area contributed by atoms with Crippen LogP contribution in [0.15, 0.2) is 12.2 Å². The molecule has 1 rings (SSSR count). The standard InChI is InChI=1S/C10H12O6/c1-6(2)9(12)15-5-8(11)16-7-3-4-14-10(7)13/h7H,1,3-5H2,2H3. The number of ether oxygens (including phenoxy) is 3. The predicted octanol–water partition coefficient (Wildman–Crippen LogP) is -0.0356. The van der Waals surface area contributed by atoms with Gasteiger partial charge in [-0.2, -0.15) is 0 Å². The van der Waals surface area contributed by atoms with E-state index in [0.717, 1.165) is 0 Å². The average Bonchev–Trinajstić information content (AvgIpc) is 2.60. The first-order chi connectivity index (χ1) is 7.50. The number of esters is 3. The molecule has 1 saturated heterocycles. The van der Waals surface area contributed by atoms with E-state index in [4.69, 9.17) is 4.74 Å². The van der Waals surface area contributed by atoms with Crippen LogP contribution < -0.4 is 0 Å². The number of rotatable bonds is 4. The van der Waals surface area contributed by atoms with Gasteiger partial charge >= 0.3 is 17.9 Å². The Bertz CT molecular complexity index is 332. The molecule has 0 spiro atoms. The molecule has 1 unspecified atom stereocenters. The van der Waals surface area contributed by atoms with Crippen LogP contribution in [0.3, 0.4) is 0 Å². The zero-order chi connectivity index (χ0) is 12.1. The lowest BCUT2D eigenvalue weighted by Crippen LogP contribution is -2.26. The van der Waals surface area contributed by atoms with E-state index in [1.807, 2.05) is 0 Å². The van der Waals surface area contributed by atoms with Gasteiger partial charge in [-0.1, -0.05) is 6.58 Å². The van der Waals surface area contributed by atoms with Crippen molar-refractivity contribution < 1.29 is 28.6 Å². The van der Waals surface area contributed by atoms with Gasteiger partial charge in [-0.3, -0.25) is 0 Å². The van der Waals surface area contributed by atoms with Gasteiger partial charge in [0.1, 0.15) is 0 Å². The third-order valence-electron chi connectivity index (χ3n) is 1.83. The highest BCUT2D eigenvalue weighted by Crippen LogP contribution is 2.10. The normalized spacial score (nSPS) is 18.8. The zero-order valence-corrected chi connectivity index (χ0v) is 8.86. The maximum absolute atomic E-state index is 11.1. The van der Waals surface area contributed by atoms with Crippen LogP contribution in [0, 0.1) is 0 Å². The molecule has 1 aliphatic rings. The van der Waals surface area contributed by atoms with E-state index in [2.05, 4.69) is 16.1 Å². The molecule has 0 aromatic carbocycles. The molecular formula is C10H12O6. The Morgan fingerprint density at radius 2 is 2.25 bits per heavy atom. The van der Waals surface area contributed by atoms with Gasteiger partial charge in [0.05, 0.1) is 6.61 Å². The molecule has 0 bridgehead atoms. The van der Waals surface area contributed by atoms with Crippen LogP contribution in [-0.4, -0.2) is 37.2 Å². The quantitative estimate of drug-likeness (QED) is 0.382. The molecule has 6 heteroatoms. The predicted molar refractivity (Wildman–Crippen MR) is 51.2 cm³/mol. The summed E-state index contributed by atoms with van der Waals surface area (Å²) in [6.07, 6.45) is -0.546. The number of cyclic esters (lactones) is 1. The summed E-state index contributed by atoms with van der Waals surface area (Å²) in [7, 11) is 0. The first-order valence-electron chi connectivity index (χ1n) is 4.69. The molecule has 0 amide bonds. The van der Waals surface area contributed by atoms with Crippen molar-refractivity contribution in [3.63, 3.8) is 0 Å². The molecule has 1 heterocycles. The summed E-state index contributed by atoms with van der Waals surface area (Å²) in [5, 5.41) is 0. The summed E-state index contributed by atoms with van der Waals surface area (Å²) in [5.74, 6) is -2.02. The molecule has 1 atom stereocenters. The van der Waals surface area contributed by atoms with Crippen molar-refractivity contribution in [3.05, 3.63) is 12.2 Å². The molecule has 0 aliphatic carbocycles. The Labute approximate surface area is 92.2 Å². The monoisotopic (exact) mass is 228 g/mol. The molecule has 88 valence electrons. The lowest BCUT2D eigenvalue weighted by atomic mass is 10.3. The molecule has 0 aromatic rings. The fraction of sp³-hybridized carbons (Fsp3) is 0.500. The van der Waals surface area contributed by atoms with Crippen molar-refractivity contribution in [3.8, 4) is 0 Å². The van der Waals surface area contributed by atoms with Gasteiger partial charge in [0.2, 0.25) is 6.10 Å². The highest BCUT2D eigenvalue weighted by Gasteiger charge is 2.30. The Morgan fingerprint density at radius 3 is 2.75 bits per heavy atom. The van der Waals surface area contributed by atoms with Gasteiger partial charge in [-0.15, -0.1) is 0 Å². The number of carbonyl (C=O) groups excluding carboxylic acids is 3. The van der Waals surface area contributed by atoms with Crippen molar-refractivity contribution in [2.24, 2.45) is 0 Å². The second kappa shape index (κ2) is 5.29.